The Hall–Kier alpha value is -1.86. The highest BCUT2D eigenvalue weighted by Gasteiger charge is 2.33. The van der Waals surface area contributed by atoms with Gasteiger partial charge in [-0.2, -0.15) is 0 Å². The number of hydrogen-bond donors (Lipinski definition) is 2. The molecule has 1 aromatic carbocycles. The van der Waals surface area contributed by atoms with Gasteiger partial charge >= 0.3 is 5.97 Å². The lowest BCUT2D eigenvalue weighted by molar-refractivity contribution is -0.140. The second kappa shape index (κ2) is 5.41. The van der Waals surface area contributed by atoms with Gasteiger partial charge in [0, 0.05) is 0 Å². The van der Waals surface area contributed by atoms with Gasteiger partial charge in [0.15, 0.2) is 0 Å². The van der Waals surface area contributed by atoms with Crippen LogP contribution in [0.25, 0.3) is 6.08 Å². The molecule has 0 saturated carbocycles. The van der Waals surface area contributed by atoms with Crippen LogP contribution in [0, 0.1) is 0 Å². The van der Waals surface area contributed by atoms with Crippen LogP contribution in [0.2, 0.25) is 0 Å². The number of phenolic OH excluding ortho intramolecular Hbond substituents is 1. The molecule has 1 aliphatic rings. The molecular formula is C12H9NO4S2. The number of carbonyl (C=O) groups excluding carboxylic acids is 1. The number of benzene rings is 1. The monoisotopic (exact) mass is 295 g/mol. The van der Waals surface area contributed by atoms with Crippen LogP contribution in [0.1, 0.15) is 5.56 Å². The Kier molecular flexibility index (Phi) is 3.87. The molecule has 0 aromatic heterocycles. The Bertz CT molecular complexity index is 597. The van der Waals surface area contributed by atoms with Crippen LogP contribution in [0.15, 0.2) is 29.2 Å². The normalized spacial score (nSPS) is 17.3. The molecule has 1 heterocycles. The van der Waals surface area contributed by atoms with Gasteiger partial charge in [-0.05, 0) is 23.8 Å². The summed E-state index contributed by atoms with van der Waals surface area (Å²) in [5.74, 6) is -1.45. The number of carbonyl (C=O) groups is 2. The van der Waals surface area contributed by atoms with Gasteiger partial charge in [0.1, 0.15) is 16.6 Å². The highest BCUT2D eigenvalue weighted by molar-refractivity contribution is 8.26. The van der Waals surface area contributed by atoms with Gasteiger partial charge in [-0.1, -0.05) is 36.1 Å². The van der Waals surface area contributed by atoms with Crippen molar-refractivity contribution in [2.45, 2.75) is 0 Å². The molecule has 1 saturated heterocycles. The maximum atomic E-state index is 12.0. The van der Waals surface area contributed by atoms with Crippen molar-refractivity contribution in [1.29, 1.82) is 0 Å². The number of thioether (sulfide) groups is 1. The summed E-state index contributed by atoms with van der Waals surface area (Å²) in [5.41, 5.74) is 0.649. The van der Waals surface area contributed by atoms with Crippen LogP contribution in [0.3, 0.4) is 0 Å². The first-order valence-corrected chi connectivity index (χ1v) is 6.46. The lowest BCUT2D eigenvalue weighted by atomic mass is 10.2. The molecule has 7 heteroatoms. The number of aromatic hydroxyl groups is 1. The minimum Gasteiger partial charge on any atom is -0.508 e. The van der Waals surface area contributed by atoms with Crippen LogP contribution < -0.4 is 0 Å². The van der Waals surface area contributed by atoms with Crippen molar-refractivity contribution < 1.29 is 19.8 Å². The molecule has 0 radical (unpaired) electrons. The number of carboxylic acids is 1. The molecule has 98 valence electrons. The fourth-order valence-electron chi connectivity index (χ4n) is 1.54. The number of amides is 1. The summed E-state index contributed by atoms with van der Waals surface area (Å²) < 4.78 is 0.221. The van der Waals surface area contributed by atoms with Crippen molar-refractivity contribution in [2.75, 3.05) is 6.54 Å². The Morgan fingerprint density at radius 1 is 1.47 bits per heavy atom. The molecule has 0 aliphatic carbocycles. The highest BCUT2D eigenvalue weighted by atomic mass is 32.2. The fraction of sp³-hybridized carbons (Fsp3) is 0.0833. The van der Waals surface area contributed by atoms with E-state index < -0.39 is 18.4 Å². The number of aliphatic carboxylic acids is 1. The third kappa shape index (κ3) is 3.12. The summed E-state index contributed by atoms with van der Waals surface area (Å²) in [5, 5.41) is 18.0. The average molecular weight is 295 g/mol. The zero-order chi connectivity index (χ0) is 14.0. The predicted octanol–water partition coefficient (Wildman–Crippen LogP) is 1.68. The molecule has 0 unspecified atom stereocenters. The smallest absolute Gasteiger partial charge is 0.323 e. The van der Waals surface area contributed by atoms with Gasteiger partial charge < -0.3 is 10.2 Å². The van der Waals surface area contributed by atoms with Crippen LogP contribution >= 0.6 is 24.0 Å². The molecule has 1 aromatic rings. The zero-order valence-corrected chi connectivity index (χ0v) is 11.2. The van der Waals surface area contributed by atoms with E-state index in [9.17, 15) is 14.7 Å². The van der Waals surface area contributed by atoms with Crippen molar-refractivity contribution >= 4 is 46.3 Å². The summed E-state index contributed by atoms with van der Waals surface area (Å²) >= 11 is 6.02. The standard InChI is InChI=1S/C12H9NO4S2/c14-8-3-1-2-7(4-8)5-9-11(17)13(6-10(15)16)12(18)19-9/h1-5,14H,6H2,(H,15,16)/b9-5-. The quantitative estimate of drug-likeness (QED) is 0.652. The van der Waals surface area contributed by atoms with Gasteiger partial charge in [-0.3, -0.25) is 14.5 Å². The van der Waals surface area contributed by atoms with E-state index in [1.807, 2.05) is 0 Å². The average Bonchev–Trinajstić information content (AvgIpc) is 2.57. The van der Waals surface area contributed by atoms with E-state index in [0.29, 0.717) is 10.5 Å². The minimum atomic E-state index is -1.12. The number of rotatable bonds is 3. The summed E-state index contributed by atoms with van der Waals surface area (Å²) in [6.45, 7) is -0.442. The molecule has 2 rings (SSSR count). The minimum absolute atomic E-state index is 0.0924. The number of nitrogens with zero attached hydrogens (tertiary/aromatic N) is 1. The molecule has 0 spiro atoms. The lowest BCUT2D eigenvalue weighted by Gasteiger charge is -2.10. The largest absolute Gasteiger partial charge is 0.508 e. The Balaban J connectivity index is 2.25. The lowest BCUT2D eigenvalue weighted by Crippen LogP contribution is -2.33. The molecule has 1 aliphatic heterocycles. The SMILES string of the molecule is O=C(O)CN1C(=O)/C(=C/c2cccc(O)c2)SC1=S. The first-order valence-electron chi connectivity index (χ1n) is 5.23. The zero-order valence-electron chi connectivity index (χ0n) is 9.57. The first kappa shape index (κ1) is 13.6. The topological polar surface area (TPSA) is 77.8 Å². The predicted molar refractivity (Wildman–Crippen MR) is 75.6 cm³/mol. The molecule has 5 nitrogen and oxygen atoms in total. The van der Waals surface area contributed by atoms with Crippen LogP contribution in [0.5, 0.6) is 5.75 Å². The molecule has 1 amide bonds. The summed E-state index contributed by atoms with van der Waals surface area (Å²) in [6, 6.07) is 6.40. The Morgan fingerprint density at radius 3 is 2.84 bits per heavy atom. The van der Waals surface area contributed by atoms with Gasteiger partial charge in [0.2, 0.25) is 0 Å². The van der Waals surface area contributed by atoms with Crippen molar-refractivity contribution in [3.8, 4) is 5.75 Å². The summed E-state index contributed by atoms with van der Waals surface area (Å²) in [6.07, 6.45) is 1.57. The van der Waals surface area contributed by atoms with E-state index in [0.717, 1.165) is 16.7 Å². The van der Waals surface area contributed by atoms with Crippen molar-refractivity contribution in [3.63, 3.8) is 0 Å². The van der Waals surface area contributed by atoms with Crippen LogP contribution in [0.4, 0.5) is 0 Å². The van der Waals surface area contributed by atoms with E-state index in [4.69, 9.17) is 17.3 Å². The van der Waals surface area contributed by atoms with E-state index in [2.05, 4.69) is 0 Å². The highest BCUT2D eigenvalue weighted by Crippen LogP contribution is 2.32. The van der Waals surface area contributed by atoms with Gasteiger partial charge in [-0.25, -0.2) is 0 Å². The van der Waals surface area contributed by atoms with Crippen molar-refractivity contribution in [1.82, 2.24) is 4.90 Å². The maximum Gasteiger partial charge on any atom is 0.323 e. The maximum absolute atomic E-state index is 12.0. The number of hydrogen-bond acceptors (Lipinski definition) is 5. The first-order chi connectivity index (χ1) is 8.97. The van der Waals surface area contributed by atoms with Gasteiger partial charge in [0.05, 0.1) is 4.91 Å². The van der Waals surface area contributed by atoms with E-state index in [-0.39, 0.29) is 10.1 Å². The third-order valence-corrected chi connectivity index (χ3v) is 3.71. The van der Waals surface area contributed by atoms with Crippen LogP contribution in [-0.4, -0.2) is 37.9 Å². The van der Waals surface area contributed by atoms with Crippen LogP contribution in [-0.2, 0) is 9.59 Å². The number of carboxylic acid groups (broad SMARTS) is 1. The summed E-state index contributed by atoms with van der Waals surface area (Å²) in [7, 11) is 0. The van der Waals surface area contributed by atoms with E-state index in [1.54, 1.807) is 18.2 Å². The van der Waals surface area contributed by atoms with Crippen molar-refractivity contribution in [3.05, 3.63) is 34.7 Å². The Labute approximate surface area is 118 Å². The second-order valence-corrected chi connectivity index (χ2v) is 5.43. The fourth-order valence-corrected chi connectivity index (χ4v) is 2.79. The number of thiocarbonyl (C=S) groups is 1. The second-order valence-electron chi connectivity index (χ2n) is 3.76. The van der Waals surface area contributed by atoms with Crippen molar-refractivity contribution in [2.24, 2.45) is 0 Å². The summed E-state index contributed by atoms with van der Waals surface area (Å²) in [4.78, 5) is 24.0. The van der Waals surface area contributed by atoms with E-state index >= 15 is 0 Å². The van der Waals surface area contributed by atoms with Gasteiger partial charge in [-0.15, -0.1) is 0 Å². The molecular weight excluding hydrogens is 286 g/mol. The number of phenols is 1. The molecule has 1 fully saturated rings. The molecule has 19 heavy (non-hydrogen) atoms. The van der Waals surface area contributed by atoms with E-state index in [1.165, 1.54) is 12.1 Å². The molecule has 2 N–H and O–H groups in total. The molecule has 0 atom stereocenters. The third-order valence-electron chi connectivity index (χ3n) is 2.33. The van der Waals surface area contributed by atoms with Gasteiger partial charge in [0.25, 0.3) is 5.91 Å². The molecule has 0 bridgehead atoms. The Morgan fingerprint density at radius 2 is 2.21 bits per heavy atom.